The molecule has 0 heterocycles. The first-order valence-corrected chi connectivity index (χ1v) is 8.04. The molecule has 2 nitrogen and oxygen atoms in total. The molecule has 110 valence electrons. The topological polar surface area (TPSA) is 37.3 Å². The molecule has 1 unspecified atom stereocenters. The van der Waals surface area contributed by atoms with Gasteiger partial charge in [0.05, 0.1) is 0 Å². The number of fused-ring (bicyclic) bond motifs is 13. The Labute approximate surface area is 122 Å². The van der Waals surface area contributed by atoms with E-state index in [0.717, 1.165) is 51.4 Å². The van der Waals surface area contributed by atoms with Gasteiger partial charge in [-0.15, -0.1) is 0 Å². The summed E-state index contributed by atoms with van der Waals surface area (Å²) in [6.07, 6.45) is 8.94. The first-order chi connectivity index (χ1) is 9.75. The maximum atomic E-state index is 11.8. The van der Waals surface area contributed by atoms with Crippen LogP contribution < -0.4 is 0 Å². The molecule has 2 aliphatic carbocycles. The third kappa shape index (κ3) is 5.09. The molecular weight excluding hydrogens is 248 g/mol. The summed E-state index contributed by atoms with van der Waals surface area (Å²) in [6, 6.07) is 8.99. The second-order valence-corrected chi connectivity index (χ2v) is 5.96. The highest BCUT2D eigenvalue weighted by molar-refractivity contribution is 5.82. The summed E-state index contributed by atoms with van der Waals surface area (Å²) < 4.78 is 0. The van der Waals surface area contributed by atoms with Crippen molar-refractivity contribution in [2.75, 3.05) is 0 Å². The number of hydrogen-bond donors (Lipinski definition) is 1. The van der Waals surface area contributed by atoms with Crippen molar-refractivity contribution in [1.29, 1.82) is 0 Å². The van der Waals surface area contributed by atoms with Gasteiger partial charge in [0.15, 0.2) is 5.78 Å². The third-order valence-corrected chi connectivity index (χ3v) is 4.23. The summed E-state index contributed by atoms with van der Waals surface area (Å²) in [6.45, 7) is 0. The standard InChI is InChI=1S/C18H26O2/c19-17-9-5-1-3-7-15-11-13-16(14-12-15)8-4-2-6-10-18(17)20/h11-14,17,19H,1-10H2. The zero-order valence-electron chi connectivity index (χ0n) is 12.3. The number of rotatable bonds is 0. The monoisotopic (exact) mass is 274 g/mol. The van der Waals surface area contributed by atoms with E-state index in [-0.39, 0.29) is 5.78 Å². The van der Waals surface area contributed by atoms with Gasteiger partial charge in [-0.1, -0.05) is 43.5 Å². The quantitative estimate of drug-likeness (QED) is 0.780. The van der Waals surface area contributed by atoms with E-state index in [1.165, 1.54) is 11.1 Å². The van der Waals surface area contributed by atoms with Gasteiger partial charge in [0.1, 0.15) is 6.10 Å². The van der Waals surface area contributed by atoms with E-state index in [2.05, 4.69) is 24.3 Å². The summed E-state index contributed by atoms with van der Waals surface area (Å²) in [5, 5.41) is 9.81. The molecule has 1 N–H and O–H groups in total. The van der Waals surface area contributed by atoms with Crippen LogP contribution >= 0.6 is 0 Å². The van der Waals surface area contributed by atoms with Crippen molar-refractivity contribution in [3.8, 4) is 0 Å². The smallest absolute Gasteiger partial charge is 0.161 e. The summed E-state index contributed by atoms with van der Waals surface area (Å²) >= 11 is 0. The molecular formula is C18H26O2. The molecule has 0 spiro atoms. The zero-order valence-corrected chi connectivity index (χ0v) is 12.3. The van der Waals surface area contributed by atoms with Crippen LogP contribution in [0.1, 0.15) is 62.5 Å². The van der Waals surface area contributed by atoms with E-state index in [1.54, 1.807) is 0 Å². The Bertz CT molecular complexity index is 408. The molecule has 0 saturated carbocycles. The maximum Gasteiger partial charge on any atom is 0.161 e. The molecule has 1 aromatic rings. The normalized spacial score (nSPS) is 22.9. The first-order valence-electron chi connectivity index (χ1n) is 8.04. The summed E-state index contributed by atoms with van der Waals surface area (Å²) in [5.74, 6) is 0.0421. The fourth-order valence-corrected chi connectivity index (χ4v) is 2.85. The molecule has 0 aromatic heterocycles. The SMILES string of the molecule is O=C1CCCCCc2ccc(cc2)CCCCCC1O. The minimum Gasteiger partial charge on any atom is -0.385 e. The van der Waals surface area contributed by atoms with Gasteiger partial charge < -0.3 is 5.11 Å². The Morgan fingerprint density at radius 1 is 0.750 bits per heavy atom. The number of benzene rings is 1. The van der Waals surface area contributed by atoms with Crippen LogP contribution in [0.15, 0.2) is 24.3 Å². The van der Waals surface area contributed by atoms with Gasteiger partial charge in [-0.05, 0) is 49.7 Å². The van der Waals surface area contributed by atoms with E-state index >= 15 is 0 Å². The van der Waals surface area contributed by atoms with E-state index in [4.69, 9.17) is 0 Å². The highest BCUT2D eigenvalue weighted by Gasteiger charge is 2.13. The zero-order chi connectivity index (χ0) is 14.2. The van der Waals surface area contributed by atoms with Crippen molar-refractivity contribution in [1.82, 2.24) is 0 Å². The average Bonchev–Trinajstić information content (AvgIpc) is 2.46. The number of ketones is 1. The summed E-state index contributed by atoms with van der Waals surface area (Å²) in [7, 11) is 0. The number of aliphatic hydroxyl groups is 1. The number of carbonyl (C=O) groups excluding carboxylic acids is 1. The molecule has 0 fully saturated rings. The van der Waals surface area contributed by atoms with Crippen LogP contribution in [0.3, 0.4) is 0 Å². The largest absolute Gasteiger partial charge is 0.385 e. The Morgan fingerprint density at radius 3 is 1.85 bits per heavy atom. The lowest BCUT2D eigenvalue weighted by Gasteiger charge is -2.10. The summed E-state index contributed by atoms with van der Waals surface area (Å²) in [5.41, 5.74) is 2.80. The second kappa shape index (κ2) is 8.21. The number of aryl methyl sites for hydroxylation is 2. The lowest BCUT2D eigenvalue weighted by Crippen LogP contribution is -2.19. The van der Waals surface area contributed by atoms with E-state index in [0.29, 0.717) is 12.8 Å². The lowest BCUT2D eigenvalue weighted by molar-refractivity contribution is -0.127. The predicted octanol–water partition coefficient (Wildman–Crippen LogP) is 3.84. The molecule has 2 bridgehead atoms. The van der Waals surface area contributed by atoms with E-state index in [9.17, 15) is 9.90 Å². The molecule has 0 radical (unpaired) electrons. The minimum atomic E-state index is -0.721. The molecule has 20 heavy (non-hydrogen) atoms. The molecule has 1 atom stereocenters. The van der Waals surface area contributed by atoms with E-state index in [1.807, 2.05) is 0 Å². The van der Waals surface area contributed by atoms with Gasteiger partial charge in [-0.25, -0.2) is 0 Å². The number of aliphatic hydroxyl groups excluding tert-OH is 1. The van der Waals surface area contributed by atoms with Crippen molar-refractivity contribution < 1.29 is 9.90 Å². The summed E-state index contributed by atoms with van der Waals surface area (Å²) in [4.78, 5) is 11.8. The Morgan fingerprint density at radius 2 is 1.25 bits per heavy atom. The third-order valence-electron chi connectivity index (χ3n) is 4.23. The van der Waals surface area contributed by atoms with Crippen LogP contribution in [0.25, 0.3) is 0 Å². The lowest BCUT2D eigenvalue weighted by atomic mass is 9.98. The van der Waals surface area contributed by atoms with Crippen molar-refractivity contribution in [2.45, 2.75) is 70.3 Å². The van der Waals surface area contributed by atoms with Crippen LogP contribution in [0.5, 0.6) is 0 Å². The van der Waals surface area contributed by atoms with Crippen LogP contribution in [-0.4, -0.2) is 17.0 Å². The molecule has 0 amide bonds. The number of hydrogen-bond acceptors (Lipinski definition) is 2. The Hall–Kier alpha value is -1.15. The van der Waals surface area contributed by atoms with Crippen LogP contribution in [0, 0.1) is 0 Å². The molecule has 3 rings (SSSR count). The molecule has 0 saturated heterocycles. The van der Waals surface area contributed by atoms with Crippen molar-refractivity contribution in [2.24, 2.45) is 0 Å². The average molecular weight is 274 g/mol. The van der Waals surface area contributed by atoms with Crippen LogP contribution in [0.2, 0.25) is 0 Å². The van der Waals surface area contributed by atoms with Gasteiger partial charge >= 0.3 is 0 Å². The van der Waals surface area contributed by atoms with Gasteiger partial charge in [0.25, 0.3) is 0 Å². The predicted molar refractivity (Wildman–Crippen MR) is 81.8 cm³/mol. The van der Waals surface area contributed by atoms with Crippen LogP contribution in [-0.2, 0) is 17.6 Å². The Kier molecular flexibility index (Phi) is 6.25. The molecule has 2 heteroatoms. The van der Waals surface area contributed by atoms with Crippen molar-refractivity contribution >= 4 is 5.78 Å². The number of Topliss-reactive ketones (excluding diaryl/α,β-unsaturated/α-hetero) is 1. The highest BCUT2D eigenvalue weighted by atomic mass is 16.3. The first kappa shape index (κ1) is 15.2. The van der Waals surface area contributed by atoms with Crippen molar-refractivity contribution in [3.05, 3.63) is 35.4 Å². The van der Waals surface area contributed by atoms with Gasteiger partial charge in [0, 0.05) is 6.42 Å². The molecule has 0 aliphatic heterocycles. The maximum absolute atomic E-state index is 11.8. The minimum absolute atomic E-state index is 0.0421. The van der Waals surface area contributed by atoms with Crippen LogP contribution in [0.4, 0.5) is 0 Å². The molecule has 1 aromatic carbocycles. The van der Waals surface area contributed by atoms with Gasteiger partial charge in [-0.2, -0.15) is 0 Å². The van der Waals surface area contributed by atoms with Gasteiger partial charge in [0.2, 0.25) is 0 Å². The van der Waals surface area contributed by atoms with Gasteiger partial charge in [-0.3, -0.25) is 4.79 Å². The Balaban J connectivity index is 1.91. The number of carbonyl (C=O) groups is 1. The fourth-order valence-electron chi connectivity index (χ4n) is 2.85. The highest BCUT2D eigenvalue weighted by Crippen LogP contribution is 2.15. The van der Waals surface area contributed by atoms with E-state index < -0.39 is 6.10 Å². The van der Waals surface area contributed by atoms with Crippen molar-refractivity contribution in [3.63, 3.8) is 0 Å². The fraction of sp³-hybridized carbons (Fsp3) is 0.611. The molecule has 2 aliphatic rings. The second-order valence-electron chi connectivity index (χ2n) is 5.96.